The van der Waals surface area contributed by atoms with E-state index in [2.05, 4.69) is 10.3 Å². The number of aliphatic imine (C=N–C) groups is 1. The van der Waals surface area contributed by atoms with Crippen molar-refractivity contribution in [2.24, 2.45) is 4.99 Å². The largest absolute Gasteiger partial charge is 0.493 e. The maximum absolute atomic E-state index is 12.9. The van der Waals surface area contributed by atoms with Crippen LogP contribution in [0.25, 0.3) is 6.08 Å². The van der Waals surface area contributed by atoms with Crippen molar-refractivity contribution in [1.82, 2.24) is 5.32 Å². The highest BCUT2D eigenvalue weighted by molar-refractivity contribution is 8.18. The summed E-state index contributed by atoms with van der Waals surface area (Å²) in [6.45, 7) is 1.28. The highest BCUT2D eigenvalue weighted by Crippen LogP contribution is 2.40. The van der Waals surface area contributed by atoms with E-state index in [1.54, 1.807) is 0 Å². The Morgan fingerprint density at radius 2 is 1.88 bits per heavy atom. The average Bonchev–Trinajstić information content (AvgIpc) is 3.06. The lowest BCUT2D eigenvalue weighted by Gasteiger charge is -2.13. The molecule has 172 valence electrons. The van der Waals surface area contributed by atoms with E-state index >= 15 is 0 Å². The van der Waals surface area contributed by atoms with Crippen LogP contribution in [0, 0.1) is 10.1 Å². The number of nitrogens with zero attached hydrogens (tertiary/aromatic N) is 2. The number of carbonyl (C=O) groups is 2. The summed E-state index contributed by atoms with van der Waals surface area (Å²) in [6.07, 6.45) is -3.27. The predicted octanol–water partition coefficient (Wildman–Crippen LogP) is 4.52. The number of amidine groups is 1. The van der Waals surface area contributed by atoms with Gasteiger partial charge in [-0.2, -0.15) is 18.2 Å². The molecule has 0 fully saturated rings. The molecule has 0 bridgehead atoms. The lowest BCUT2D eigenvalue weighted by atomic mass is 10.1. The minimum absolute atomic E-state index is 0.00287. The number of amides is 2. The van der Waals surface area contributed by atoms with Crippen LogP contribution in [-0.2, 0) is 15.8 Å². The number of benzene rings is 2. The van der Waals surface area contributed by atoms with E-state index in [-0.39, 0.29) is 27.5 Å². The standard InChI is InChI=1S/C20H14F3N3O6S/c1-10(27)24-19-25-18(28)17(33-19)8-11-3-5-15(16(7-11)31-2)32-14-6-4-12(20(21,22)23)9-13(14)26(29)30/h3-9H,1-2H3,(H,24,25,27,28). The van der Waals surface area contributed by atoms with E-state index in [0.29, 0.717) is 17.7 Å². The Balaban J connectivity index is 1.88. The molecule has 9 nitrogen and oxygen atoms in total. The zero-order chi connectivity index (χ0) is 24.3. The number of halogens is 3. The molecular weight excluding hydrogens is 467 g/mol. The number of methoxy groups -OCH3 is 1. The maximum atomic E-state index is 12.9. The van der Waals surface area contributed by atoms with Crippen molar-refractivity contribution in [3.63, 3.8) is 0 Å². The second kappa shape index (κ2) is 9.32. The minimum atomic E-state index is -4.75. The zero-order valence-electron chi connectivity index (χ0n) is 16.9. The molecule has 2 aromatic carbocycles. The van der Waals surface area contributed by atoms with Gasteiger partial charge in [-0.25, -0.2) is 0 Å². The van der Waals surface area contributed by atoms with Gasteiger partial charge in [0, 0.05) is 13.0 Å². The Hall–Kier alpha value is -3.87. The van der Waals surface area contributed by atoms with Gasteiger partial charge >= 0.3 is 11.9 Å². The summed E-state index contributed by atoms with van der Waals surface area (Å²) in [4.78, 5) is 37.3. The first-order valence-corrected chi connectivity index (χ1v) is 9.81. The van der Waals surface area contributed by atoms with Crippen LogP contribution in [0.2, 0.25) is 0 Å². The van der Waals surface area contributed by atoms with Crippen molar-refractivity contribution in [2.45, 2.75) is 13.1 Å². The summed E-state index contributed by atoms with van der Waals surface area (Å²) in [6, 6.07) is 6.25. The van der Waals surface area contributed by atoms with Crippen LogP contribution in [0.3, 0.4) is 0 Å². The molecular formula is C20H14F3N3O6S. The zero-order valence-corrected chi connectivity index (χ0v) is 17.7. The number of nitro groups is 1. The summed E-state index contributed by atoms with van der Waals surface area (Å²) >= 11 is 0.961. The molecule has 33 heavy (non-hydrogen) atoms. The Morgan fingerprint density at radius 3 is 2.48 bits per heavy atom. The molecule has 0 radical (unpaired) electrons. The number of hydrogen-bond acceptors (Lipinski definition) is 7. The van der Waals surface area contributed by atoms with Gasteiger partial charge in [0.2, 0.25) is 11.7 Å². The van der Waals surface area contributed by atoms with Gasteiger partial charge in [0.15, 0.2) is 16.7 Å². The van der Waals surface area contributed by atoms with Crippen LogP contribution < -0.4 is 14.8 Å². The fourth-order valence-electron chi connectivity index (χ4n) is 2.66. The number of hydrogen-bond donors (Lipinski definition) is 1. The molecule has 13 heteroatoms. The highest BCUT2D eigenvalue weighted by atomic mass is 32.2. The van der Waals surface area contributed by atoms with E-state index in [4.69, 9.17) is 9.47 Å². The molecule has 0 aromatic heterocycles. The first-order chi connectivity index (χ1) is 15.5. The van der Waals surface area contributed by atoms with Gasteiger partial charge in [-0.3, -0.25) is 19.7 Å². The van der Waals surface area contributed by atoms with Gasteiger partial charge in [-0.15, -0.1) is 0 Å². The van der Waals surface area contributed by atoms with Gasteiger partial charge in [-0.05, 0) is 47.7 Å². The molecule has 1 aliphatic heterocycles. The van der Waals surface area contributed by atoms with E-state index in [9.17, 15) is 32.9 Å². The van der Waals surface area contributed by atoms with Crippen molar-refractivity contribution in [3.05, 3.63) is 62.5 Å². The van der Waals surface area contributed by atoms with Crippen molar-refractivity contribution in [3.8, 4) is 17.2 Å². The third-order valence-electron chi connectivity index (χ3n) is 4.09. The normalized spacial score (nSPS) is 14.8. The molecule has 2 aromatic rings. The first kappa shape index (κ1) is 23.8. The maximum Gasteiger partial charge on any atom is 0.416 e. The minimum Gasteiger partial charge on any atom is -0.493 e. The van der Waals surface area contributed by atoms with E-state index in [0.717, 1.165) is 17.8 Å². The number of nitrogens with one attached hydrogen (secondary N) is 1. The second-order valence-electron chi connectivity index (χ2n) is 6.46. The van der Waals surface area contributed by atoms with E-state index < -0.39 is 34.0 Å². The Kier molecular flexibility index (Phi) is 6.72. The van der Waals surface area contributed by atoms with Crippen LogP contribution in [0.5, 0.6) is 17.2 Å². The molecule has 2 amide bonds. The van der Waals surface area contributed by atoms with Crippen LogP contribution in [0.15, 0.2) is 46.3 Å². The van der Waals surface area contributed by atoms with Crippen LogP contribution >= 0.6 is 11.8 Å². The molecule has 0 atom stereocenters. The monoisotopic (exact) mass is 481 g/mol. The Morgan fingerprint density at radius 1 is 1.18 bits per heavy atom. The quantitative estimate of drug-likeness (QED) is 0.379. The predicted molar refractivity (Wildman–Crippen MR) is 113 cm³/mol. The SMILES string of the molecule is COc1cc(C=C2SC(NC(C)=O)=NC2=O)ccc1Oc1ccc(C(F)(F)F)cc1[N+](=O)[O-]. The number of carbonyl (C=O) groups excluding carboxylic acids is 2. The van der Waals surface area contributed by atoms with Crippen LogP contribution in [0.4, 0.5) is 18.9 Å². The summed E-state index contributed by atoms with van der Waals surface area (Å²) in [7, 11) is 1.30. The molecule has 1 N–H and O–H groups in total. The highest BCUT2D eigenvalue weighted by Gasteiger charge is 2.33. The molecule has 0 saturated heterocycles. The summed E-state index contributed by atoms with van der Waals surface area (Å²) in [5.74, 6) is -1.23. The summed E-state index contributed by atoms with van der Waals surface area (Å²) in [5.41, 5.74) is -1.57. The van der Waals surface area contributed by atoms with Crippen molar-refractivity contribution < 1.29 is 37.2 Å². The lowest BCUT2D eigenvalue weighted by molar-refractivity contribution is -0.385. The number of nitro benzene ring substituents is 1. The third kappa shape index (κ3) is 5.68. The number of thioether (sulfide) groups is 1. The molecule has 0 unspecified atom stereocenters. The Bertz CT molecular complexity index is 1210. The Labute approximate surface area is 188 Å². The van der Waals surface area contributed by atoms with Gasteiger partial charge in [0.1, 0.15) is 0 Å². The van der Waals surface area contributed by atoms with Gasteiger partial charge in [0.05, 0.1) is 22.5 Å². The van der Waals surface area contributed by atoms with E-state index in [1.807, 2.05) is 0 Å². The molecule has 1 heterocycles. The van der Waals surface area contributed by atoms with Crippen LogP contribution in [-0.4, -0.2) is 29.0 Å². The van der Waals surface area contributed by atoms with E-state index in [1.165, 1.54) is 38.3 Å². The van der Waals surface area contributed by atoms with Crippen molar-refractivity contribution >= 4 is 40.5 Å². The lowest BCUT2D eigenvalue weighted by Crippen LogP contribution is -2.23. The molecule has 3 rings (SSSR count). The molecule has 0 aliphatic carbocycles. The smallest absolute Gasteiger partial charge is 0.416 e. The summed E-state index contributed by atoms with van der Waals surface area (Å²) < 4.78 is 49.4. The van der Waals surface area contributed by atoms with Crippen LogP contribution in [0.1, 0.15) is 18.1 Å². The number of ether oxygens (including phenoxy) is 2. The molecule has 0 spiro atoms. The fraction of sp³-hybridized carbons (Fsp3) is 0.150. The summed E-state index contributed by atoms with van der Waals surface area (Å²) in [5, 5.41) is 13.8. The third-order valence-corrected chi connectivity index (χ3v) is 4.99. The van der Waals surface area contributed by atoms with Gasteiger partial charge < -0.3 is 14.8 Å². The van der Waals surface area contributed by atoms with Gasteiger partial charge in [-0.1, -0.05) is 6.07 Å². The molecule has 1 aliphatic rings. The first-order valence-electron chi connectivity index (χ1n) is 8.99. The topological polar surface area (TPSA) is 120 Å². The number of rotatable bonds is 5. The van der Waals surface area contributed by atoms with Crippen molar-refractivity contribution in [1.29, 1.82) is 0 Å². The second-order valence-corrected chi connectivity index (χ2v) is 7.49. The fourth-order valence-corrected chi connectivity index (χ4v) is 3.52. The average molecular weight is 481 g/mol. The van der Waals surface area contributed by atoms with Gasteiger partial charge in [0.25, 0.3) is 5.91 Å². The molecule has 0 saturated carbocycles. The van der Waals surface area contributed by atoms with Crippen molar-refractivity contribution in [2.75, 3.05) is 7.11 Å². The number of alkyl halides is 3.